The number of primary amides is 1. The molecule has 2 heterocycles. The maximum absolute atomic E-state index is 12.9. The van der Waals surface area contributed by atoms with Gasteiger partial charge in [0, 0.05) is 42.2 Å². The number of carbonyl (C=O) groups is 2. The number of hydrogen-bond acceptors (Lipinski definition) is 5. The van der Waals surface area contributed by atoms with Crippen LogP contribution >= 0.6 is 0 Å². The molecule has 2 aliphatic rings. The third-order valence-corrected chi connectivity index (χ3v) is 6.12. The summed E-state index contributed by atoms with van der Waals surface area (Å²) in [5, 5.41) is 0. The molecule has 4 N–H and O–H groups in total. The van der Waals surface area contributed by atoms with Crippen LogP contribution in [-0.4, -0.2) is 39.8 Å². The summed E-state index contributed by atoms with van der Waals surface area (Å²) in [4.78, 5) is 35.3. The van der Waals surface area contributed by atoms with Crippen LogP contribution in [0.3, 0.4) is 0 Å². The van der Waals surface area contributed by atoms with Gasteiger partial charge in [0.15, 0.2) is 0 Å². The molecule has 4 rings (SSSR count). The quantitative estimate of drug-likeness (QED) is 0.829. The summed E-state index contributed by atoms with van der Waals surface area (Å²) < 4.78 is 0. The Morgan fingerprint density at radius 2 is 1.90 bits per heavy atom. The number of hydrogen-bond donors (Lipinski definition) is 2. The molecule has 1 atom stereocenters. The Morgan fingerprint density at radius 3 is 2.66 bits per heavy atom. The van der Waals surface area contributed by atoms with E-state index in [-0.39, 0.29) is 23.7 Å². The molecule has 1 aliphatic heterocycles. The van der Waals surface area contributed by atoms with Crippen molar-refractivity contribution in [2.75, 3.05) is 18.8 Å². The molecule has 1 saturated heterocycles. The summed E-state index contributed by atoms with van der Waals surface area (Å²) in [5.74, 6) is 0.291. The van der Waals surface area contributed by atoms with Crippen molar-refractivity contribution >= 4 is 17.8 Å². The summed E-state index contributed by atoms with van der Waals surface area (Å²) in [5.41, 5.74) is 14.3. The fraction of sp³-hybridized carbons (Fsp3) is 0.455. The lowest BCUT2D eigenvalue weighted by molar-refractivity contribution is -0.136. The van der Waals surface area contributed by atoms with E-state index in [1.807, 2.05) is 11.0 Å². The largest absolute Gasteiger partial charge is 0.368 e. The number of amides is 2. The van der Waals surface area contributed by atoms with Crippen LogP contribution in [0.15, 0.2) is 30.5 Å². The van der Waals surface area contributed by atoms with E-state index in [9.17, 15) is 9.59 Å². The Labute approximate surface area is 170 Å². The van der Waals surface area contributed by atoms with Crippen molar-refractivity contribution in [3.8, 4) is 11.1 Å². The van der Waals surface area contributed by atoms with Crippen molar-refractivity contribution in [2.24, 2.45) is 11.7 Å². The number of piperidine rings is 1. The molecule has 0 unspecified atom stereocenters. The second-order valence-corrected chi connectivity index (χ2v) is 8.08. The second-order valence-electron chi connectivity index (χ2n) is 8.08. The zero-order chi connectivity index (χ0) is 20.4. The summed E-state index contributed by atoms with van der Waals surface area (Å²) in [6.45, 7) is 1.45. The van der Waals surface area contributed by atoms with E-state index in [0.29, 0.717) is 12.1 Å². The van der Waals surface area contributed by atoms with Gasteiger partial charge in [-0.15, -0.1) is 0 Å². The molecule has 0 spiro atoms. The van der Waals surface area contributed by atoms with Gasteiger partial charge < -0.3 is 16.4 Å². The minimum Gasteiger partial charge on any atom is -0.368 e. The number of benzene rings is 1. The van der Waals surface area contributed by atoms with Crippen LogP contribution in [0.2, 0.25) is 0 Å². The average Bonchev–Trinajstić information content (AvgIpc) is 3.28. The van der Waals surface area contributed by atoms with Crippen LogP contribution < -0.4 is 11.5 Å². The molecule has 2 aromatic rings. The summed E-state index contributed by atoms with van der Waals surface area (Å²) >= 11 is 0. The maximum atomic E-state index is 12.9. The lowest BCUT2D eigenvalue weighted by atomic mass is 9.89. The molecule has 2 fully saturated rings. The fourth-order valence-corrected chi connectivity index (χ4v) is 4.61. The molecule has 0 radical (unpaired) electrons. The van der Waals surface area contributed by atoms with Gasteiger partial charge in [0.2, 0.25) is 17.8 Å². The smallest absolute Gasteiger partial charge is 0.248 e. The standard InChI is InChI=1S/C22H27N5O2/c23-20(28)16-8-3-7-15(11-16)18-12-25-22(24)26-19(18)17-9-4-10-27(13-17)21(29)14-5-1-2-6-14/h3,7-8,11-12,14,17H,1-2,4-6,9-10,13H2,(H2,23,28)(H2,24,25,26)/t17-/m1/s1. The summed E-state index contributed by atoms with van der Waals surface area (Å²) in [7, 11) is 0. The first-order valence-electron chi connectivity index (χ1n) is 10.3. The van der Waals surface area contributed by atoms with Crippen LogP contribution in [0.1, 0.15) is 60.5 Å². The zero-order valence-electron chi connectivity index (χ0n) is 16.5. The molecule has 152 valence electrons. The van der Waals surface area contributed by atoms with Crippen LogP contribution in [0.4, 0.5) is 5.95 Å². The highest BCUT2D eigenvalue weighted by Crippen LogP contribution is 2.35. The molecule has 1 saturated carbocycles. The number of anilines is 1. The number of carbonyl (C=O) groups excluding carboxylic acids is 2. The van der Waals surface area contributed by atoms with Gasteiger partial charge in [-0.3, -0.25) is 9.59 Å². The van der Waals surface area contributed by atoms with Crippen molar-refractivity contribution in [2.45, 2.75) is 44.4 Å². The highest BCUT2D eigenvalue weighted by atomic mass is 16.2. The lowest BCUT2D eigenvalue weighted by Gasteiger charge is -2.34. The zero-order valence-corrected chi connectivity index (χ0v) is 16.5. The first-order valence-corrected chi connectivity index (χ1v) is 10.3. The molecule has 1 aromatic carbocycles. The minimum atomic E-state index is -0.476. The monoisotopic (exact) mass is 393 g/mol. The molecular weight excluding hydrogens is 366 g/mol. The van der Waals surface area contributed by atoms with Crippen LogP contribution in [0.25, 0.3) is 11.1 Å². The third-order valence-electron chi connectivity index (χ3n) is 6.12. The highest BCUT2D eigenvalue weighted by Gasteiger charge is 2.32. The Balaban J connectivity index is 1.64. The second kappa shape index (κ2) is 8.19. The van der Waals surface area contributed by atoms with Crippen molar-refractivity contribution in [3.05, 3.63) is 41.7 Å². The SMILES string of the molecule is NC(=O)c1cccc(-c2cnc(N)nc2[C@@H]2CCCN(C(=O)C3CCCC3)C2)c1. The van der Waals surface area contributed by atoms with Gasteiger partial charge in [-0.2, -0.15) is 0 Å². The van der Waals surface area contributed by atoms with E-state index in [4.69, 9.17) is 11.5 Å². The van der Waals surface area contributed by atoms with Gasteiger partial charge >= 0.3 is 0 Å². The predicted molar refractivity (Wildman–Crippen MR) is 111 cm³/mol. The minimum absolute atomic E-state index is 0.0895. The Bertz CT molecular complexity index is 923. The lowest BCUT2D eigenvalue weighted by Crippen LogP contribution is -2.42. The molecule has 0 bridgehead atoms. The number of likely N-dealkylation sites (tertiary alicyclic amines) is 1. The first-order chi connectivity index (χ1) is 14.0. The normalized spacial score (nSPS) is 20.0. The van der Waals surface area contributed by atoms with Gasteiger partial charge in [0.05, 0.1) is 5.69 Å². The average molecular weight is 393 g/mol. The van der Waals surface area contributed by atoms with E-state index in [1.54, 1.807) is 24.4 Å². The van der Waals surface area contributed by atoms with Crippen LogP contribution in [0, 0.1) is 5.92 Å². The van der Waals surface area contributed by atoms with Gasteiger partial charge in [-0.05, 0) is 43.4 Å². The number of aromatic nitrogens is 2. The first kappa shape index (κ1) is 19.4. The highest BCUT2D eigenvalue weighted by molar-refractivity contribution is 5.94. The van der Waals surface area contributed by atoms with Crippen molar-refractivity contribution in [1.29, 1.82) is 0 Å². The Morgan fingerprint density at radius 1 is 1.10 bits per heavy atom. The van der Waals surface area contributed by atoms with Crippen LogP contribution in [-0.2, 0) is 4.79 Å². The van der Waals surface area contributed by atoms with E-state index in [2.05, 4.69) is 9.97 Å². The van der Waals surface area contributed by atoms with Crippen LogP contribution in [0.5, 0.6) is 0 Å². The van der Waals surface area contributed by atoms with Gasteiger partial charge in [-0.25, -0.2) is 9.97 Å². The number of nitrogens with zero attached hydrogens (tertiary/aromatic N) is 3. The Hall–Kier alpha value is -2.96. The van der Waals surface area contributed by atoms with Gasteiger partial charge in [0.1, 0.15) is 0 Å². The molecule has 7 heteroatoms. The number of nitrogen functional groups attached to an aromatic ring is 1. The van der Waals surface area contributed by atoms with Gasteiger partial charge in [-0.1, -0.05) is 25.0 Å². The molecular formula is C22H27N5O2. The topological polar surface area (TPSA) is 115 Å². The van der Waals surface area contributed by atoms with E-state index >= 15 is 0 Å². The fourth-order valence-electron chi connectivity index (χ4n) is 4.61. The maximum Gasteiger partial charge on any atom is 0.248 e. The molecule has 1 aromatic heterocycles. The van der Waals surface area contributed by atoms with Crippen molar-refractivity contribution in [3.63, 3.8) is 0 Å². The number of nitrogens with two attached hydrogens (primary N) is 2. The molecule has 29 heavy (non-hydrogen) atoms. The molecule has 2 amide bonds. The van der Waals surface area contributed by atoms with Crippen molar-refractivity contribution in [1.82, 2.24) is 14.9 Å². The van der Waals surface area contributed by atoms with Gasteiger partial charge in [0.25, 0.3) is 0 Å². The number of rotatable bonds is 4. The van der Waals surface area contributed by atoms with Crippen molar-refractivity contribution < 1.29 is 9.59 Å². The van der Waals surface area contributed by atoms with E-state index in [0.717, 1.165) is 61.9 Å². The molecule has 7 nitrogen and oxygen atoms in total. The third kappa shape index (κ3) is 4.09. The summed E-state index contributed by atoms with van der Waals surface area (Å²) in [6.07, 6.45) is 7.89. The molecule has 1 aliphatic carbocycles. The Kier molecular flexibility index (Phi) is 5.47. The summed E-state index contributed by atoms with van der Waals surface area (Å²) in [6, 6.07) is 7.15. The predicted octanol–water partition coefficient (Wildman–Crippen LogP) is 2.72. The van der Waals surface area contributed by atoms with E-state index < -0.39 is 5.91 Å². The van der Waals surface area contributed by atoms with E-state index in [1.165, 1.54) is 0 Å².